The molecule has 0 amide bonds. The molecule has 0 aromatic carbocycles. The fraction of sp³-hybridized carbons (Fsp3) is 0.667. The van der Waals surface area contributed by atoms with Crippen LogP contribution in [-0.2, 0) is 4.79 Å². The molecule has 0 aromatic rings. The zero-order valence-corrected chi connectivity index (χ0v) is 5.42. The van der Waals surface area contributed by atoms with Gasteiger partial charge in [0.2, 0.25) is 5.24 Å². The second kappa shape index (κ2) is 3.62. The third-order valence-electron chi connectivity index (χ3n) is 0.291. The highest BCUT2D eigenvalue weighted by Crippen LogP contribution is 1.91. The van der Waals surface area contributed by atoms with Gasteiger partial charge < -0.3 is 0 Å². The van der Waals surface area contributed by atoms with Crippen molar-refractivity contribution < 1.29 is 4.79 Å². The number of halogens is 2. The van der Waals surface area contributed by atoms with Gasteiger partial charge in [0, 0.05) is 11.8 Å². The number of carbonyl (C=O) groups excluding carboxylic acids is 1. The van der Waals surface area contributed by atoms with Crippen molar-refractivity contribution in [1.29, 1.82) is 0 Å². The summed E-state index contributed by atoms with van der Waals surface area (Å²) in [5.41, 5.74) is 0. The molecular weight excluding hydrogens is 168 g/mol. The molecule has 0 aromatic heterocycles. The molecule has 0 atom stereocenters. The number of carbonyl (C=O) groups is 1. The third kappa shape index (κ3) is 4.44. The molecule has 0 aliphatic heterocycles. The van der Waals surface area contributed by atoms with Crippen LogP contribution in [0.5, 0.6) is 0 Å². The summed E-state index contributed by atoms with van der Waals surface area (Å²) in [5, 5.41) is 0.377. The zero-order valence-electron chi connectivity index (χ0n) is 3.08. The van der Waals surface area contributed by atoms with E-state index in [2.05, 4.69) is 15.9 Å². The Morgan fingerprint density at radius 3 is 2.33 bits per heavy atom. The van der Waals surface area contributed by atoms with Crippen LogP contribution < -0.4 is 0 Å². The Morgan fingerprint density at radius 1 is 1.83 bits per heavy atom. The van der Waals surface area contributed by atoms with E-state index in [1.54, 1.807) is 0 Å². The first-order valence-electron chi connectivity index (χ1n) is 1.51. The third-order valence-corrected chi connectivity index (χ3v) is 0.877. The monoisotopic (exact) mass is 171 g/mol. The lowest BCUT2D eigenvalue weighted by Crippen LogP contribution is -1.83. The molecule has 0 spiro atoms. The van der Waals surface area contributed by atoms with Gasteiger partial charge in [-0.05, 0) is 11.6 Å². The minimum Gasteiger partial charge on any atom is -0.281 e. The Hall–Kier alpha value is 0.440. The number of hydrogen-bond donors (Lipinski definition) is 0. The summed E-state index contributed by atoms with van der Waals surface area (Å²) >= 11 is 7.95. The quantitative estimate of drug-likeness (QED) is 0.351. The van der Waals surface area contributed by atoms with E-state index in [0.29, 0.717) is 11.8 Å². The van der Waals surface area contributed by atoms with Gasteiger partial charge in [0.05, 0.1) is 0 Å². The molecule has 0 fully saturated rings. The molecule has 3 heteroatoms. The Labute approximate surface area is 49.8 Å². The summed E-state index contributed by atoms with van der Waals surface area (Å²) in [4.78, 5) is 9.78. The first-order valence-corrected chi connectivity index (χ1v) is 3.01. The lowest BCUT2D eigenvalue weighted by Gasteiger charge is -1.76. The van der Waals surface area contributed by atoms with Gasteiger partial charge in [-0.2, -0.15) is 0 Å². The SMILES string of the molecule is O=[13C](Cl)CCBr. The molecule has 0 bridgehead atoms. The van der Waals surface area contributed by atoms with Crippen LogP contribution in [0.25, 0.3) is 0 Å². The van der Waals surface area contributed by atoms with Crippen molar-refractivity contribution >= 4 is 32.8 Å². The maximum Gasteiger partial charge on any atom is 0.222 e. The smallest absolute Gasteiger partial charge is 0.222 e. The largest absolute Gasteiger partial charge is 0.281 e. The Kier molecular flexibility index (Phi) is 3.89. The zero-order chi connectivity index (χ0) is 4.99. The standard InChI is InChI=1S/C3H4BrClO/c4-2-1-3(5)6/h1-2H2/i3+1. The van der Waals surface area contributed by atoms with Crippen molar-refractivity contribution in [2.24, 2.45) is 0 Å². The minimum atomic E-state index is -0.285. The van der Waals surface area contributed by atoms with Gasteiger partial charge in [-0.1, -0.05) is 15.9 Å². The van der Waals surface area contributed by atoms with Crippen LogP contribution in [0, 0.1) is 0 Å². The fourth-order valence-electron chi connectivity index (χ4n) is 0.0743. The van der Waals surface area contributed by atoms with E-state index < -0.39 is 0 Å². The molecule has 0 saturated heterocycles. The lowest BCUT2D eigenvalue weighted by atomic mass is 10.7. The van der Waals surface area contributed by atoms with Crippen molar-refractivity contribution in [3.8, 4) is 0 Å². The molecule has 0 rings (SSSR count). The second-order valence-electron chi connectivity index (χ2n) is 0.794. The molecule has 1 nitrogen and oxygen atoms in total. The average Bonchev–Trinajstić information content (AvgIpc) is 1.35. The first kappa shape index (κ1) is 6.44. The van der Waals surface area contributed by atoms with Crippen LogP contribution in [-0.4, -0.2) is 10.6 Å². The molecule has 36 valence electrons. The van der Waals surface area contributed by atoms with E-state index in [4.69, 9.17) is 11.6 Å². The van der Waals surface area contributed by atoms with Gasteiger partial charge in [-0.15, -0.1) is 0 Å². The predicted molar refractivity (Wildman–Crippen MR) is 29.3 cm³/mol. The number of rotatable bonds is 2. The van der Waals surface area contributed by atoms with Crippen LogP contribution in [0.2, 0.25) is 0 Å². The molecule has 0 N–H and O–H groups in total. The first-order chi connectivity index (χ1) is 2.77. The highest BCUT2D eigenvalue weighted by atomic mass is 79.9. The van der Waals surface area contributed by atoms with Gasteiger partial charge in [0.1, 0.15) is 0 Å². The summed E-state index contributed by atoms with van der Waals surface area (Å²) in [6.45, 7) is 0. The van der Waals surface area contributed by atoms with Crippen molar-refractivity contribution in [3.05, 3.63) is 0 Å². The maximum atomic E-state index is 9.78. The van der Waals surface area contributed by atoms with Gasteiger partial charge in [0.25, 0.3) is 0 Å². The molecule has 0 radical (unpaired) electrons. The van der Waals surface area contributed by atoms with E-state index in [9.17, 15) is 4.79 Å². The van der Waals surface area contributed by atoms with Crippen LogP contribution in [0.1, 0.15) is 6.42 Å². The summed E-state index contributed by atoms with van der Waals surface area (Å²) in [6, 6.07) is 0. The number of alkyl halides is 1. The van der Waals surface area contributed by atoms with Crippen LogP contribution in [0.4, 0.5) is 0 Å². The Bertz CT molecular complexity index is 54.8. The van der Waals surface area contributed by atoms with Crippen molar-refractivity contribution in [2.45, 2.75) is 6.42 Å². The molecule has 0 unspecified atom stereocenters. The highest BCUT2D eigenvalue weighted by Gasteiger charge is 1.88. The minimum absolute atomic E-state index is 0.285. The normalized spacial score (nSPS) is 8.33. The van der Waals surface area contributed by atoms with Gasteiger partial charge >= 0.3 is 0 Å². The van der Waals surface area contributed by atoms with Crippen molar-refractivity contribution in [2.75, 3.05) is 5.33 Å². The van der Waals surface area contributed by atoms with Crippen LogP contribution >= 0.6 is 27.5 Å². The summed E-state index contributed by atoms with van der Waals surface area (Å²) in [5.74, 6) is 0. The van der Waals surface area contributed by atoms with Crippen molar-refractivity contribution in [1.82, 2.24) is 0 Å². The maximum absolute atomic E-state index is 9.78. The molecule has 0 aliphatic rings. The summed E-state index contributed by atoms with van der Waals surface area (Å²) in [7, 11) is 0. The molecule has 0 heterocycles. The van der Waals surface area contributed by atoms with Gasteiger partial charge in [-0.3, -0.25) is 4.79 Å². The molecule has 0 saturated carbocycles. The molecular formula is C3H4BrClO. The van der Waals surface area contributed by atoms with Gasteiger partial charge in [0.15, 0.2) is 0 Å². The predicted octanol–water partition coefficient (Wildman–Crippen LogP) is 1.54. The molecule has 0 aliphatic carbocycles. The van der Waals surface area contributed by atoms with Gasteiger partial charge in [-0.25, -0.2) is 0 Å². The van der Waals surface area contributed by atoms with Crippen LogP contribution in [0.15, 0.2) is 0 Å². The van der Waals surface area contributed by atoms with E-state index in [-0.39, 0.29) is 5.24 Å². The van der Waals surface area contributed by atoms with E-state index in [1.165, 1.54) is 0 Å². The topological polar surface area (TPSA) is 17.1 Å². The average molecular weight is 172 g/mol. The summed E-state index contributed by atoms with van der Waals surface area (Å²) in [6.07, 6.45) is 0.418. The van der Waals surface area contributed by atoms with Crippen molar-refractivity contribution in [3.63, 3.8) is 0 Å². The van der Waals surface area contributed by atoms with E-state index >= 15 is 0 Å². The second-order valence-corrected chi connectivity index (χ2v) is 2.01. The fourth-order valence-corrected chi connectivity index (χ4v) is 0.757. The Balaban J connectivity index is 2.83. The molecule has 6 heavy (non-hydrogen) atoms. The highest BCUT2D eigenvalue weighted by molar-refractivity contribution is 9.09. The van der Waals surface area contributed by atoms with E-state index in [0.717, 1.165) is 0 Å². The number of hydrogen-bond acceptors (Lipinski definition) is 1. The lowest BCUT2D eigenvalue weighted by molar-refractivity contribution is -0.111. The summed E-state index contributed by atoms with van der Waals surface area (Å²) < 4.78 is 0. The van der Waals surface area contributed by atoms with Crippen LogP contribution in [0.3, 0.4) is 0 Å². The van der Waals surface area contributed by atoms with E-state index in [1.807, 2.05) is 0 Å². The Morgan fingerprint density at radius 2 is 2.33 bits per heavy atom.